The van der Waals surface area contributed by atoms with Crippen LogP contribution in [0.3, 0.4) is 0 Å². The van der Waals surface area contributed by atoms with Gasteiger partial charge in [-0.25, -0.2) is 13.6 Å². The lowest BCUT2D eigenvalue weighted by Crippen LogP contribution is -2.22. The maximum atomic E-state index is 13.7. The normalized spacial score (nSPS) is 10.6. The summed E-state index contributed by atoms with van der Waals surface area (Å²) in [5.74, 6) is -7.67. The van der Waals surface area contributed by atoms with Gasteiger partial charge in [0.15, 0.2) is 17.4 Å². The first kappa shape index (κ1) is 25.5. The summed E-state index contributed by atoms with van der Waals surface area (Å²) >= 11 is 5.76. The van der Waals surface area contributed by atoms with Crippen molar-refractivity contribution in [1.29, 1.82) is 0 Å². The lowest BCUT2D eigenvalue weighted by molar-refractivity contribution is 0.193. The summed E-state index contributed by atoms with van der Waals surface area (Å²) in [4.78, 5) is 10.3. The quantitative estimate of drug-likeness (QED) is 0.453. The molecule has 30 heavy (non-hydrogen) atoms. The molecule has 1 aromatic heterocycles. The van der Waals surface area contributed by atoms with Gasteiger partial charge in [0.25, 0.3) is 0 Å². The Balaban J connectivity index is 0.000000414. The molecule has 0 saturated carbocycles. The van der Waals surface area contributed by atoms with Crippen LogP contribution in [0, 0.1) is 29.2 Å². The molecule has 0 spiro atoms. The van der Waals surface area contributed by atoms with E-state index in [0.29, 0.717) is 6.42 Å². The fourth-order valence-corrected chi connectivity index (χ4v) is 2.56. The fourth-order valence-electron chi connectivity index (χ4n) is 2.24. The minimum Gasteiger partial charge on any atom is -0.487 e. The number of hydrogen-bond acceptors (Lipinski definition) is 3. The first-order chi connectivity index (χ1) is 14.0. The molecule has 0 radical (unpaired) electrons. The maximum absolute atomic E-state index is 13.7. The largest absolute Gasteiger partial charge is 0.487 e. The summed E-state index contributed by atoms with van der Waals surface area (Å²) < 4.78 is 61.1. The zero-order chi connectivity index (χ0) is 23.0. The van der Waals surface area contributed by atoms with E-state index in [0.717, 1.165) is 17.1 Å². The molecule has 2 rings (SSSR count). The summed E-state index contributed by atoms with van der Waals surface area (Å²) in [6.45, 7) is 4.73. The highest BCUT2D eigenvalue weighted by molar-refractivity contribution is 6.31. The lowest BCUT2D eigenvalue weighted by atomic mass is 10.1. The number of nitrogens with zero attached hydrogens (tertiary/aromatic N) is 2. The number of ether oxygens (including phenoxy) is 1. The van der Waals surface area contributed by atoms with Crippen molar-refractivity contribution in [3.63, 3.8) is 0 Å². The zero-order valence-electron chi connectivity index (χ0n) is 17.0. The van der Waals surface area contributed by atoms with Gasteiger partial charge < -0.3 is 15.2 Å². The van der Waals surface area contributed by atoms with Crippen molar-refractivity contribution in [3.8, 4) is 5.75 Å². The zero-order valence-corrected chi connectivity index (χ0v) is 17.8. The van der Waals surface area contributed by atoms with Crippen LogP contribution < -0.4 is 10.1 Å². The molecule has 2 aromatic rings. The Labute approximate surface area is 176 Å². The van der Waals surface area contributed by atoms with E-state index in [1.807, 2.05) is 27.8 Å². The van der Waals surface area contributed by atoms with E-state index in [1.54, 1.807) is 16.2 Å². The Bertz CT molecular complexity index is 846. The molecule has 0 atom stereocenters. The molecule has 0 bridgehead atoms. The molecule has 0 aliphatic carbocycles. The number of aromatic nitrogens is 2. The van der Waals surface area contributed by atoms with E-state index in [1.165, 1.54) is 0 Å². The van der Waals surface area contributed by atoms with Gasteiger partial charge in [0.1, 0.15) is 0 Å². The first-order valence-corrected chi connectivity index (χ1v) is 9.49. The number of halogens is 5. The average molecular weight is 454 g/mol. The van der Waals surface area contributed by atoms with Crippen LogP contribution in [-0.4, -0.2) is 27.6 Å². The molecule has 1 heterocycles. The number of carboxylic acid groups (broad SMARTS) is 1. The molecule has 168 valence electrons. The standard InChI is InChI=1S/C13H15F4NO3.C6H9ClN2/c1-6(2)3-4-21-12-10(16)8(14)7(5-18-13(19)20)9(15)11(12)17;1-3-6-5(7)4-9(2)8-6/h6,18H,3-5H2,1-2H3,(H,19,20);4H,3H2,1-2H3. The van der Waals surface area contributed by atoms with E-state index in [9.17, 15) is 22.4 Å². The van der Waals surface area contributed by atoms with Crippen molar-refractivity contribution in [2.24, 2.45) is 13.0 Å². The lowest BCUT2D eigenvalue weighted by Gasteiger charge is -2.13. The molecular weight excluding hydrogens is 430 g/mol. The van der Waals surface area contributed by atoms with Gasteiger partial charge in [0.05, 0.1) is 23.9 Å². The molecule has 6 nitrogen and oxygen atoms in total. The SMILES string of the molecule is CC(C)CCOc1c(F)c(F)c(CNC(=O)O)c(F)c1F.CCc1nn(C)cc1Cl. The van der Waals surface area contributed by atoms with E-state index in [4.69, 9.17) is 21.4 Å². The van der Waals surface area contributed by atoms with Crippen LogP contribution in [0.15, 0.2) is 6.20 Å². The molecule has 0 unspecified atom stereocenters. The highest BCUT2D eigenvalue weighted by Crippen LogP contribution is 2.30. The molecular formula is C19H24ClF4N3O3. The number of rotatable bonds is 7. The second-order valence-corrected chi connectivity index (χ2v) is 7.11. The monoisotopic (exact) mass is 453 g/mol. The van der Waals surface area contributed by atoms with E-state index < -0.39 is 47.2 Å². The number of benzene rings is 1. The smallest absolute Gasteiger partial charge is 0.404 e. The van der Waals surface area contributed by atoms with Crippen molar-refractivity contribution in [3.05, 3.63) is 45.7 Å². The Morgan fingerprint density at radius 2 is 1.80 bits per heavy atom. The van der Waals surface area contributed by atoms with E-state index >= 15 is 0 Å². The van der Waals surface area contributed by atoms with Crippen LogP contribution in [0.2, 0.25) is 5.02 Å². The Morgan fingerprint density at radius 1 is 1.23 bits per heavy atom. The molecule has 2 N–H and O–H groups in total. The van der Waals surface area contributed by atoms with Gasteiger partial charge >= 0.3 is 6.09 Å². The number of nitrogens with one attached hydrogen (secondary N) is 1. The summed E-state index contributed by atoms with van der Waals surface area (Å²) in [6.07, 6.45) is 1.58. The number of hydrogen-bond donors (Lipinski definition) is 2. The Hall–Kier alpha value is -2.49. The van der Waals surface area contributed by atoms with Crippen LogP contribution in [0.4, 0.5) is 22.4 Å². The number of amides is 1. The third kappa shape index (κ3) is 7.08. The van der Waals surface area contributed by atoms with E-state index in [2.05, 4.69) is 5.10 Å². The third-order valence-electron chi connectivity index (χ3n) is 3.86. The molecule has 0 aliphatic heterocycles. The van der Waals surface area contributed by atoms with Crippen LogP contribution in [0.25, 0.3) is 0 Å². The molecule has 1 amide bonds. The molecule has 0 fully saturated rings. The average Bonchev–Trinajstić information content (AvgIpc) is 3.00. The summed E-state index contributed by atoms with van der Waals surface area (Å²) in [5.41, 5.74) is -0.0669. The van der Waals surface area contributed by atoms with Gasteiger partial charge in [-0.3, -0.25) is 4.68 Å². The second-order valence-electron chi connectivity index (χ2n) is 6.70. The van der Waals surface area contributed by atoms with Gasteiger partial charge in [0, 0.05) is 18.8 Å². The van der Waals surface area contributed by atoms with Crippen LogP contribution >= 0.6 is 11.6 Å². The third-order valence-corrected chi connectivity index (χ3v) is 4.18. The van der Waals surface area contributed by atoms with Crippen molar-refractivity contribution in [2.75, 3.05) is 6.61 Å². The van der Waals surface area contributed by atoms with Gasteiger partial charge in [0.2, 0.25) is 11.6 Å². The van der Waals surface area contributed by atoms with Crippen LogP contribution in [0.1, 0.15) is 38.4 Å². The maximum Gasteiger partial charge on any atom is 0.404 e. The highest BCUT2D eigenvalue weighted by atomic mass is 35.5. The van der Waals surface area contributed by atoms with Crippen molar-refractivity contribution >= 4 is 17.7 Å². The summed E-state index contributed by atoms with van der Waals surface area (Å²) in [6, 6.07) is 0. The van der Waals surface area contributed by atoms with Crippen molar-refractivity contribution in [1.82, 2.24) is 15.1 Å². The van der Waals surface area contributed by atoms with Crippen molar-refractivity contribution in [2.45, 2.75) is 40.2 Å². The predicted molar refractivity (Wildman–Crippen MR) is 104 cm³/mol. The highest BCUT2D eigenvalue weighted by Gasteiger charge is 2.26. The molecule has 11 heteroatoms. The minimum atomic E-state index is -1.68. The molecule has 0 saturated heterocycles. The Morgan fingerprint density at radius 3 is 2.17 bits per heavy atom. The van der Waals surface area contributed by atoms with Gasteiger partial charge in [-0.2, -0.15) is 13.9 Å². The Kier molecular flexibility index (Phi) is 9.91. The van der Waals surface area contributed by atoms with Crippen LogP contribution in [-0.2, 0) is 20.0 Å². The topological polar surface area (TPSA) is 76.4 Å². The van der Waals surface area contributed by atoms with Crippen molar-refractivity contribution < 1.29 is 32.2 Å². The van der Waals surface area contributed by atoms with E-state index in [-0.39, 0.29) is 12.5 Å². The molecule has 1 aromatic carbocycles. The fraction of sp³-hybridized carbons (Fsp3) is 0.474. The number of aryl methyl sites for hydroxylation is 2. The second kappa shape index (κ2) is 11.6. The first-order valence-electron chi connectivity index (χ1n) is 9.11. The number of carbonyl (C=O) groups is 1. The van der Waals surface area contributed by atoms with Gasteiger partial charge in [-0.15, -0.1) is 0 Å². The minimum absolute atomic E-state index is 0.100. The molecule has 0 aliphatic rings. The predicted octanol–water partition coefficient (Wildman–Crippen LogP) is 5.07. The summed E-state index contributed by atoms with van der Waals surface area (Å²) in [7, 11) is 1.87. The van der Waals surface area contributed by atoms with Gasteiger partial charge in [-0.05, 0) is 18.8 Å². The van der Waals surface area contributed by atoms with Crippen LogP contribution in [0.5, 0.6) is 5.75 Å². The summed E-state index contributed by atoms with van der Waals surface area (Å²) in [5, 5.41) is 14.9. The van der Waals surface area contributed by atoms with Gasteiger partial charge in [-0.1, -0.05) is 32.4 Å².